The molecule has 4 aromatic carbocycles. The Labute approximate surface area is 288 Å². The molecule has 0 aromatic heterocycles. The minimum Gasteiger partial charge on any atom is -0.744 e. The second-order valence-corrected chi connectivity index (χ2v) is 16.3. The summed E-state index contributed by atoms with van der Waals surface area (Å²) in [7, 11) is -9.30. The Morgan fingerprint density at radius 2 is 1.35 bits per heavy atom. The molecule has 0 fully saturated rings. The maximum absolute atomic E-state index is 11.9. The fraction of sp³-hybridized carbons (Fsp3) is 0.205. The molecule has 252 valence electrons. The first-order chi connectivity index (χ1) is 22.9. The number of fused-ring (bicyclic) bond motifs is 2. The van der Waals surface area contributed by atoms with Crippen LogP contribution in [0.2, 0.25) is 0 Å². The summed E-state index contributed by atoms with van der Waals surface area (Å²) < 4.78 is 73.5. The van der Waals surface area contributed by atoms with Crippen molar-refractivity contribution in [3.8, 4) is 0 Å². The van der Waals surface area contributed by atoms with Crippen LogP contribution in [0.15, 0.2) is 131 Å². The minimum atomic E-state index is -4.65. The molecule has 10 heteroatoms. The summed E-state index contributed by atoms with van der Waals surface area (Å²) >= 11 is 0. The molecule has 4 aromatic rings. The highest BCUT2D eigenvalue weighted by atomic mass is 32.2. The van der Waals surface area contributed by atoms with Crippen LogP contribution in [0.4, 0.5) is 22.7 Å². The molecule has 2 heterocycles. The predicted molar refractivity (Wildman–Crippen MR) is 192 cm³/mol. The number of anilines is 2. The number of nitrogens with zero attached hydrogens (tertiary/aromatic N) is 2. The predicted octanol–water partition coefficient (Wildman–Crippen LogP) is 7.80. The monoisotopic (exact) mass is 693 g/mol. The van der Waals surface area contributed by atoms with E-state index in [1.165, 1.54) is 24.3 Å². The molecule has 0 atom stereocenters. The maximum atomic E-state index is 11.9. The average molecular weight is 694 g/mol. The van der Waals surface area contributed by atoms with Gasteiger partial charge in [-0.2, -0.15) is 4.58 Å². The van der Waals surface area contributed by atoms with Crippen molar-refractivity contribution < 1.29 is 25.9 Å². The van der Waals surface area contributed by atoms with Crippen LogP contribution >= 0.6 is 0 Å². The molecule has 0 N–H and O–H groups in total. The molecule has 0 amide bonds. The number of rotatable bonds is 7. The Balaban J connectivity index is 1.44. The molecule has 0 radical (unpaired) electrons. The minimum absolute atomic E-state index is 0.265. The first kappa shape index (κ1) is 34.3. The van der Waals surface area contributed by atoms with E-state index in [4.69, 9.17) is 0 Å². The van der Waals surface area contributed by atoms with E-state index < -0.39 is 31.1 Å². The molecule has 8 nitrogen and oxygen atoms in total. The van der Waals surface area contributed by atoms with Crippen LogP contribution in [0.3, 0.4) is 0 Å². The Hall–Kier alpha value is -4.61. The third-order valence-corrected chi connectivity index (χ3v) is 11.0. The number of allylic oxidation sites excluding steroid dienone is 6. The summed E-state index contributed by atoms with van der Waals surface area (Å²) in [5.74, 6) is 0. The largest absolute Gasteiger partial charge is 0.744 e. The second-order valence-electron chi connectivity index (χ2n) is 13.5. The molecule has 0 spiro atoms. The first-order valence-corrected chi connectivity index (χ1v) is 18.6. The van der Waals surface area contributed by atoms with Gasteiger partial charge >= 0.3 is 0 Å². The lowest BCUT2D eigenvalue weighted by atomic mass is 9.81. The SMILES string of the molecule is Cc1cccc(N2/C(=C/C=C/C=C/C3=[N+](c4cccc(S(=O)(=O)[O-])c4)c4ccc(C)cc4C3(C)C)C(C)(C)c3cc(S(=O)(=O)[O-])ccc32)c1. The Bertz CT molecular complexity index is 2370. The zero-order valence-electron chi connectivity index (χ0n) is 28.1. The van der Waals surface area contributed by atoms with Gasteiger partial charge in [-0.1, -0.05) is 61.9 Å². The second kappa shape index (κ2) is 12.1. The van der Waals surface area contributed by atoms with E-state index in [2.05, 4.69) is 30.9 Å². The van der Waals surface area contributed by atoms with Gasteiger partial charge in [0, 0.05) is 46.6 Å². The number of hydrogen-bond donors (Lipinski definition) is 0. The van der Waals surface area contributed by atoms with E-state index in [-0.39, 0.29) is 9.79 Å². The molecule has 2 aliphatic rings. The molecular formula is C39H37N2O6S2-. The highest BCUT2D eigenvalue weighted by Crippen LogP contribution is 2.52. The highest BCUT2D eigenvalue weighted by Gasteiger charge is 2.45. The lowest BCUT2D eigenvalue weighted by Gasteiger charge is -2.27. The van der Waals surface area contributed by atoms with Crippen molar-refractivity contribution >= 4 is 48.7 Å². The Kier molecular flexibility index (Phi) is 8.44. The smallest absolute Gasteiger partial charge is 0.215 e. The van der Waals surface area contributed by atoms with Gasteiger partial charge < -0.3 is 14.0 Å². The summed E-state index contributed by atoms with van der Waals surface area (Å²) in [4.78, 5) is 1.53. The zero-order chi connectivity index (χ0) is 35.5. The Morgan fingerprint density at radius 1 is 0.673 bits per heavy atom. The summed E-state index contributed by atoms with van der Waals surface area (Å²) in [6.07, 6.45) is 9.72. The topological polar surface area (TPSA) is 121 Å². The van der Waals surface area contributed by atoms with Crippen LogP contribution in [-0.2, 0) is 31.1 Å². The van der Waals surface area contributed by atoms with E-state index in [1.807, 2.05) is 93.0 Å². The molecule has 6 rings (SSSR count). The van der Waals surface area contributed by atoms with Gasteiger partial charge in [-0.15, -0.1) is 0 Å². The van der Waals surface area contributed by atoms with Gasteiger partial charge in [-0.3, -0.25) is 0 Å². The number of benzene rings is 4. The fourth-order valence-electron chi connectivity index (χ4n) is 6.83. The maximum Gasteiger partial charge on any atom is 0.215 e. The van der Waals surface area contributed by atoms with Crippen LogP contribution in [-0.4, -0.2) is 31.7 Å². The number of hydrogen-bond acceptors (Lipinski definition) is 7. The summed E-state index contributed by atoms with van der Waals surface area (Å²) in [5.41, 5.74) is 7.85. The molecule has 0 saturated heterocycles. The quantitative estimate of drug-likeness (QED) is 0.110. The molecule has 0 saturated carbocycles. The molecule has 0 aliphatic carbocycles. The third-order valence-electron chi connectivity index (χ3n) is 9.35. The molecule has 0 bridgehead atoms. The summed E-state index contributed by atoms with van der Waals surface area (Å²) in [5, 5.41) is 0. The average Bonchev–Trinajstić information content (AvgIpc) is 3.38. The van der Waals surface area contributed by atoms with E-state index in [0.717, 1.165) is 50.7 Å². The van der Waals surface area contributed by atoms with Crippen molar-refractivity contribution in [3.05, 3.63) is 143 Å². The van der Waals surface area contributed by atoms with Gasteiger partial charge in [-0.25, -0.2) is 16.8 Å². The van der Waals surface area contributed by atoms with Crippen LogP contribution in [0.5, 0.6) is 0 Å². The zero-order valence-corrected chi connectivity index (χ0v) is 29.8. The summed E-state index contributed by atoms with van der Waals surface area (Å²) in [6, 6.07) is 24.8. The van der Waals surface area contributed by atoms with Crippen molar-refractivity contribution in [1.82, 2.24) is 4.58 Å². The van der Waals surface area contributed by atoms with E-state index in [1.54, 1.807) is 18.2 Å². The van der Waals surface area contributed by atoms with Crippen LogP contribution < -0.4 is 9.48 Å². The first-order valence-electron chi connectivity index (χ1n) is 15.8. The van der Waals surface area contributed by atoms with Gasteiger partial charge in [0.1, 0.15) is 20.2 Å². The van der Waals surface area contributed by atoms with Crippen LogP contribution in [0, 0.1) is 13.8 Å². The van der Waals surface area contributed by atoms with Gasteiger partial charge in [-0.05, 0) is 87.4 Å². The summed E-state index contributed by atoms with van der Waals surface area (Å²) in [6.45, 7) is 12.3. The van der Waals surface area contributed by atoms with Gasteiger partial charge in [0.05, 0.1) is 20.9 Å². The van der Waals surface area contributed by atoms with Crippen molar-refractivity contribution in [3.63, 3.8) is 0 Å². The fourth-order valence-corrected chi connectivity index (χ4v) is 7.84. The van der Waals surface area contributed by atoms with Crippen molar-refractivity contribution in [2.45, 2.75) is 62.2 Å². The standard InChI is InChI=1S/C39H38N2O6S2/c1-26-12-10-13-28(22-26)40-35-21-19-31(49(45,46)47)25-33(35)39(5,6)37(40)17-9-7-8-16-36-38(3,4)32-23-27(2)18-20-34(32)41(36)29-14-11-15-30(24-29)48(42,43)44/h7-25H,1-6H3,(H-,42,43,44,45,46,47)/p-1. The third kappa shape index (κ3) is 6.21. The van der Waals surface area contributed by atoms with E-state index in [0.29, 0.717) is 5.69 Å². The molecule has 49 heavy (non-hydrogen) atoms. The van der Waals surface area contributed by atoms with Gasteiger partial charge in [0.2, 0.25) is 11.4 Å². The van der Waals surface area contributed by atoms with Gasteiger partial charge in [0.25, 0.3) is 0 Å². The van der Waals surface area contributed by atoms with Crippen molar-refractivity contribution in [2.24, 2.45) is 0 Å². The Morgan fingerprint density at radius 3 is 2.04 bits per heavy atom. The lowest BCUT2D eigenvalue weighted by Crippen LogP contribution is -2.27. The van der Waals surface area contributed by atoms with Crippen molar-refractivity contribution in [2.75, 3.05) is 4.90 Å². The lowest BCUT2D eigenvalue weighted by molar-refractivity contribution is 0.460. The van der Waals surface area contributed by atoms with Crippen molar-refractivity contribution in [1.29, 1.82) is 0 Å². The van der Waals surface area contributed by atoms with Gasteiger partial charge in [0.15, 0.2) is 5.71 Å². The number of aryl methyl sites for hydroxylation is 2. The van der Waals surface area contributed by atoms with E-state index >= 15 is 0 Å². The highest BCUT2D eigenvalue weighted by molar-refractivity contribution is 7.86. The molecule has 0 unspecified atom stereocenters. The molecule has 2 aliphatic heterocycles. The van der Waals surface area contributed by atoms with E-state index in [9.17, 15) is 25.9 Å². The van der Waals surface area contributed by atoms with Crippen LogP contribution in [0.25, 0.3) is 0 Å². The van der Waals surface area contributed by atoms with Crippen LogP contribution in [0.1, 0.15) is 49.9 Å². The normalized spacial score (nSPS) is 17.8. The molecular weight excluding hydrogens is 657 g/mol.